The van der Waals surface area contributed by atoms with Crippen molar-refractivity contribution < 1.29 is 9.53 Å². The molecule has 0 saturated carbocycles. The Bertz CT molecular complexity index is 456. The van der Waals surface area contributed by atoms with Gasteiger partial charge in [-0.25, -0.2) is 0 Å². The largest absolute Gasteiger partial charge is 0.494 e. The third kappa shape index (κ3) is 6.06. The molecule has 2 rings (SSSR count). The van der Waals surface area contributed by atoms with Gasteiger partial charge in [0.05, 0.1) is 6.61 Å². The van der Waals surface area contributed by atoms with E-state index in [0.717, 1.165) is 50.3 Å². The van der Waals surface area contributed by atoms with Gasteiger partial charge in [0.15, 0.2) is 0 Å². The second kappa shape index (κ2) is 9.46. The van der Waals surface area contributed by atoms with Crippen LogP contribution in [0.15, 0.2) is 24.3 Å². The quantitative estimate of drug-likeness (QED) is 0.690. The molecule has 4 nitrogen and oxygen atoms in total. The molecule has 4 heteroatoms. The van der Waals surface area contributed by atoms with E-state index >= 15 is 0 Å². The number of unbranched alkanes of at least 4 members (excludes halogenated alkanes) is 1. The van der Waals surface area contributed by atoms with E-state index in [4.69, 9.17) is 4.74 Å². The molecule has 1 atom stereocenters. The van der Waals surface area contributed by atoms with E-state index in [1.165, 1.54) is 6.42 Å². The number of rotatable bonds is 9. The third-order valence-corrected chi connectivity index (χ3v) is 4.10. The summed E-state index contributed by atoms with van der Waals surface area (Å²) in [7, 11) is 0. The van der Waals surface area contributed by atoms with Crippen LogP contribution in [0.1, 0.15) is 44.6 Å². The number of carbonyl (C=O) groups excluding carboxylic acids is 1. The molecule has 1 aliphatic rings. The van der Waals surface area contributed by atoms with Crippen molar-refractivity contribution in [3.8, 4) is 5.75 Å². The minimum absolute atomic E-state index is 0.143. The number of hydrogen-bond acceptors (Lipinski definition) is 3. The monoisotopic (exact) mass is 304 g/mol. The van der Waals surface area contributed by atoms with Gasteiger partial charge in [0.1, 0.15) is 5.75 Å². The normalized spacial score (nSPS) is 17.4. The van der Waals surface area contributed by atoms with Crippen LogP contribution in [0.2, 0.25) is 0 Å². The van der Waals surface area contributed by atoms with Crippen LogP contribution in [0.5, 0.6) is 5.75 Å². The van der Waals surface area contributed by atoms with Gasteiger partial charge in [0.25, 0.3) is 0 Å². The van der Waals surface area contributed by atoms with E-state index in [0.29, 0.717) is 18.9 Å². The highest BCUT2D eigenvalue weighted by atomic mass is 16.5. The van der Waals surface area contributed by atoms with E-state index in [2.05, 4.69) is 17.6 Å². The molecule has 0 spiro atoms. The van der Waals surface area contributed by atoms with Crippen molar-refractivity contribution >= 4 is 5.91 Å². The van der Waals surface area contributed by atoms with Gasteiger partial charge < -0.3 is 15.4 Å². The molecular formula is C18H28N2O2. The van der Waals surface area contributed by atoms with Crippen molar-refractivity contribution in [2.75, 3.05) is 19.7 Å². The number of benzene rings is 1. The number of carbonyl (C=O) groups is 1. The van der Waals surface area contributed by atoms with Crippen molar-refractivity contribution in [2.45, 2.75) is 45.6 Å². The first-order chi connectivity index (χ1) is 10.8. The molecule has 0 aromatic heterocycles. The molecule has 22 heavy (non-hydrogen) atoms. The molecule has 1 saturated heterocycles. The maximum absolute atomic E-state index is 11.9. The van der Waals surface area contributed by atoms with Crippen molar-refractivity contribution in [1.29, 1.82) is 0 Å². The summed E-state index contributed by atoms with van der Waals surface area (Å²) in [5, 5.41) is 6.34. The third-order valence-electron chi connectivity index (χ3n) is 4.10. The fraction of sp³-hybridized carbons (Fsp3) is 0.611. The van der Waals surface area contributed by atoms with E-state index in [9.17, 15) is 4.79 Å². The van der Waals surface area contributed by atoms with Gasteiger partial charge in [-0.1, -0.05) is 25.5 Å². The van der Waals surface area contributed by atoms with Crippen LogP contribution in [0.3, 0.4) is 0 Å². The lowest BCUT2D eigenvalue weighted by Gasteiger charge is -2.10. The minimum atomic E-state index is 0.143. The molecule has 1 aromatic carbocycles. The fourth-order valence-electron chi connectivity index (χ4n) is 2.66. The standard InChI is InChI=1S/C18H28N2O2/c1-2-3-11-22-17-6-4-5-16(12-17)14-20-18(21)8-7-15-9-10-19-13-15/h4-6,12,15,19H,2-3,7-11,13-14H2,1H3,(H,20,21). The summed E-state index contributed by atoms with van der Waals surface area (Å²) in [4.78, 5) is 11.9. The molecule has 1 amide bonds. The zero-order valence-corrected chi connectivity index (χ0v) is 13.6. The lowest BCUT2D eigenvalue weighted by molar-refractivity contribution is -0.121. The highest BCUT2D eigenvalue weighted by Crippen LogP contribution is 2.15. The summed E-state index contributed by atoms with van der Waals surface area (Å²) in [6.07, 6.45) is 5.01. The van der Waals surface area contributed by atoms with Gasteiger partial charge in [0, 0.05) is 13.0 Å². The second-order valence-corrected chi connectivity index (χ2v) is 6.02. The molecule has 1 fully saturated rings. The van der Waals surface area contributed by atoms with Gasteiger partial charge in [-0.15, -0.1) is 0 Å². The first-order valence-electron chi connectivity index (χ1n) is 8.47. The zero-order valence-electron chi connectivity index (χ0n) is 13.6. The lowest BCUT2D eigenvalue weighted by Crippen LogP contribution is -2.23. The first-order valence-corrected chi connectivity index (χ1v) is 8.47. The Morgan fingerprint density at radius 3 is 3.14 bits per heavy atom. The Hall–Kier alpha value is -1.55. The van der Waals surface area contributed by atoms with E-state index in [-0.39, 0.29) is 5.91 Å². The minimum Gasteiger partial charge on any atom is -0.494 e. The highest BCUT2D eigenvalue weighted by Gasteiger charge is 2.15. The van der Waals surface area contributed by atoms with Crippen molar-refractivity contribution in [1.82, 2.24) is 10.6 Å². The van der Waals surface area contributed by atoms with Gasteiger partial charge in [-0.05, 0) is 56.0 Å². The van der Waals surface area contributed by atoms with E-state index in [1.807, 2.05) is 24.3 Å². The Morgan fingerprint density at radius 1 is 1.45 bits per heavy atom. The summed E-state index contributed by atoms with van der Waals surface area (Å²) < 4.78 is 5.69. The van der Waals surface area contributed by atoms with E-state index in [1.54, 1.807) is 0 Å². The topological polar surface area (TPSA) is 50.4 Å². The zero-order chi connectivity index (χ0) is 15.6. The molecule has 2 N–H and O–H groups in total. The van der Waals surface area contributed by atoms with Gasteiger partial charge >= 0.3 is 0 Å². The van der Waals surface area contributed by atoms with Crippen LogP contribution in [0.4, 0.5) is 0 Å². The molecule has 0 bridgehead atoms. The predicted octanol–water partition coefficient (Wildman–Crippen LogP) is 2.87. The molecule has 122 valence electrons. The smallest absolute Gasteiger partial charge is 0.220 e. The number of ether oxygens (including phenoxy) is 1. The van der Waals surface area contributed by atoms with Crippen LogP contribution < -0.4 is 15.4 Å². The summed E-state index contributed by atoms with van der Waals surface area (Å²) in [5.74, 6) is 1.70. The Labute approximate surface area is 133 Å². The Kier molecular flexibility index (Phi) is 7.23. The average molecular weight is 304 g/mol. The molecule has 1 aromatic rings. The Morgan fingerprint density at radius 2 is 2.36 bits per heavy atom. The first kappa shape index (κ1) is 16.8. The molecular weight excluding hydrogens is 276 g/mol. The molecule has 1 heterocycles. The highest BCUT2D eigenvalue weighted by molar-refractivity contribution is 5.75. The average Bonchev–Trinajstić information content (AvgIpc) is 3.05. The van der Waals surface area contributed by atoms with Crippen LogP contribution in [0, 0.1) is 5.92 Å². The van der Waals surface area contributed by atoms with Crippen LogP contribution in [-0.4, -0.2) is 25.6 Å². The number of hydrogen-bond donors (Lipinski definition) is 2. The van der Waals surface area contributed by atoms with Crippen LogP contribution in [-0.2, 0) is 11.3 Å². The van der Waals surface area contributed by atoms with Crippen molar-refractivity contribution in [3.63, 3.8) is 0 Å². The van der Waals surface area contributed by atoms with Crippen molar-refractivity contribution in [3.05, 3.63) is 29.8 Å². The van der Waals surface area contributed by atoms with E-state index < -0.39 is 0 Å². The molecule has 0 aliphatic carbocycles. The summed E-state index contributed by atoms with van der Waals surface area (Å²) in [6.45, 7) is 5.63. The number of amides is 1. The van der Waals surface area contributed by atoms with Crippen LogP contribution >= 0.6 is 0 Å². The van der Waals surface area contributed by atoms with Gasteiger partial charge in [-0.3, -0.25) is 4.79 Å². The molecule has 0 radical (unpaired) electrons. The summed E-state index contributed by atoms with van der Waals surface area (Å²) in [5.41, 5.74) is 1.09. The lowest BCUT2D eigenvalue weighted by atomic mass is 10.0. The Balaban J connectivity index is 1.68. The summed E-state index contributed by atoms with van der Waals surface area (Å²) >= 11 is 0. The maximum Gasteiger partial charge on any atom is 0.220 e. The molecule has 1 aliphatic heterocycles. The van der Waals surface area contributed by atoms with Gasteiger partial charge in [0.2, 0.25) is 5.91 Å². The fourth-order valence-corrected chi connectivity index (χ4v) is 2.66. The number of nitrogens with one attached hydrogen (secondary N) is 2. The maximum atomic E-state index is 11.9. The predicted molar refractivity (Wildman–Crippen MR) is 88.9 cm³/mol. The van der Waals surface area contributed by atoms with Crippen LogP contribution in [0.25, 0.3) is 0 Å². The molecule has 1 unspecified atom stereocenters. The second-order valence-electron chi connectivity index (χ2n) is 6.02. The SMILES string of the molecule is CCCCOc1cccc(CNC(=O)CCC2CCNC2)c1. The van der Waals surface area contributed by atoms with Crippen molar-refractivity contribution in [2.24, 2.45) is 5.92 Å². The summed E-state index contributed by atoms with van der Waals surface area (Å²) in [6, 6.07) is 7.98. The van der Waals surface area contributed by atoms with Gasteiger partial charge in [-0.2, -0.15) is 0 Å².